The molecule has 33 heavy (non-hydrogen) atoms. The second kappa shape index (κ2) is 8.80. The van der Waals surface area contributed by atoms with Gasteiger partial charge in [0.2, 0.25) is 5.91 Å². The van der Waals surface area contributed by atoms with E-state index in [0.29, 0.717) is 34.9 Å². The third kappa shape index (κ3) is 3.99. The zero-order valence-corrected chi connectivity index (χ0v) is 21.8. The summed E-state index contributed by atoms with van der Waals surface area (Å²) < 4.78 is 6.84. The van der Waals surface area contributed by atoms with Crippen molar-refractivity contribution in [3.63, 3.8) is 0 Å². The Kier molecular flexibility index (Phi) is 6.43. The van der Waals surface area contributed by atoms with Crippen LogP contribution >= 0.6 is 0 Å². The molecule has 5 fully saturated rings. The van der Waals surface area contributed by atoms with Crippen molar-refractivity contribution in [2.45, 2.75) is 117 Å². The van der Waals surface area contributed by atoms with E-state index in [1.54, 1.807) is 6.92 Å². The number of carbonyl (C=O) groups is 1. The maximum absolute atomic E-state index is 11.2. The molecular formula is C29H49NO3. The van der Waals surface area contributed by atoms with Crippen LogP contribution in [0.4, 0.5) is 0 Å². The van der Waals surface area contributed by atoms with Crippen LogP contribution in [-0.4, -0.2) is 35.9 Å². The Labute approximate surface area is 202 Å². The first-order chi connectivity index (χ1) is 15.6. The lowest BCUT2D eigenvalue weighted by molar-refractivity contribution is -0.130. The lowest BCUT2D eigenvalue weighted by atomic mass is 9.44. The number of amides is 1. The number of hydrogen-bond acceptors (Lipinski definition) is 3. The van der Waals surface area contributed by atoms with Crippen LogP contribution in [0, 0.1) is 52.3 Å². The van der Waals surface area contributed by atoms with Crippen molar-refractivity contribution in [1.29, 1.82) is 0 Å². The van der Waals surface area contributed by atoms with Gasteiger partial charge >= 0.3 is 0 Å². The number of aliphatic hydroxyl groups is 1. The third-order valence-electron chi connectivity index (χ3n) is 11.9. The van der Waals surface area contributed by atoms with Crippen molar-refractivity contribution in [3.05, 3.63) is 0 Å². The molecule has 188 valence electrons. The molecule has 4 heteroatoms. The minimum Gasteiger partial charge on any atom is -0.393 e. The zero-order chi connectivity index (χ0) is 23.5. The molecule has 4 saturated carbocycles. The maximum Gasteiger partial charge on any atom is 0.216 e. The fourth-order valence-electron chi connectivity index (χ4n) is 10.1. The number of rotatable bonds is 5. The summed E-state index contributed by atoms with van der Waals surface area (Å²) in [5.74, 6) is 5.26. The molecule has 0 aromatic carbocycles. The fourth-order valence-corrected chi connectivity index (χ4v) is 10.1. The first-order valence-corrected chi connectivity index (χ1v) is 14.2. The van der Waals surface area contributed by atoms with Gasteiger partial charge in [0.15, 0.2) is 0 Å². The van der Waals surface area contributed by atoms with Gasteiger partial charge in [-0.15, -0.1) is 0 Å². The highest BCUT2D eigenvalue weighted by Gasteiger charge is 2.65. The lowest BCUT2D eigenvalue weighted by Gasteiger charge is -2.61. The van der Waals surface area contributed by atoms with Crippen molar-refractivity contribution in [2.75, 3.05) is 6.54 Å². The van der Waals surface area contributed by atoms with Crippen LogP contribution in [0.2, 0.25) is 0 Å². The quantitative estimate of drug-likeness (QED) is 0.565. The van der Waals surface area contributed by atoms with Crippen LogP contribution in [0.1, 0.15) is 98.8 Å². The Morgan fingerprint density at radius 2 is 1.85 bits per heavy atom. The average Bonchev–Trinajstić information content (AvgIpc) is 3.24. The second-order valence-electron chi connectivity index (χ2n) is 13.6. The molecule has 2 unspecified atom stereocenters. The second-order valence-corrected chi connectivity index (χ2v) is 13.6. The molecule has 1 aliphatic heterocycles. The summed E-state index contributed by atoms with van der Waals surface area (Å²) in [6, 6.07) is 0. The van der Waals surface area contributed by atoms with E-state index < -0.39 is 0 Å². The molecule has 5 aliphatic rings. The molecule has 1 heterocycles. The van der Waals surface area contributed by atoms with Crippen molar-refractivity contribution in [3.8, 4) is 0 Å². The predicted molar refractivity (Wildman–Crippen MR) is 132 cm³/mol. The Morgan fingerprint density at radius 3 is 2.61 bits per heavy atom. The summed E-state index contributed by atoms with van der Waals surface area (Å²) in [7, 11) is 0. The first kappa shape index (κ1) is 24.1. The summed E-state index contributed by atoms with van der Waals surface area (Å²) >= 11 is 0. The molecule has 5 rings (SSSR count). The molecule has 0 aromatic heterocycles. The molecular weight excluding hydrogens is 410 g/mol. The van der Waals surface area contributed by atoms with Gasteiger partial charge in [-0.2, -0.15) is 0 Å². The first-order valence-electron chi connectivity index (χ1n) is 14.2. The largest absolute Gasteiger partial charge is 0.393 e. The normalized spacial score (nSPS) is 51.8. The van der Waals surface area contributed by atoms with Crippen LogP contribution in [0.25, 0.3) is 0 Å². The van der Waals surface area contributed by atoms with Crippen LogP contribution in [0.3, 0.4) is 0 Å². The molecule has 0 bridgehead atoms. The van der Waals surface area contributed by atoms with E-state index in [9.17, 15) is 9.90 Å². The summed E-state index contributed by atoms with van der Waals surface area (Å²) in [5.41, 5.74) is 0.902. The Bertz CT molecular complexity index is 740. The molecule has 0 spiro atoms. The Balaban J connectivity index is 1.25. The van der Waals surface area contributed by atoms with Crippen LogP contribution in [0.5, 0.6) is 0 Å². The van der Waals surface area contributed by atoms with Gasteiger partial charge in [-0.25, -0.2) is 0 Å². The number of hydrogen-bond donors (Lipinski definition) is 2. The van der Waals surface area contributed by atoms with E-state index in [1.165, 1.54) is 38.5 Å². The highest BCUT2D eigenvalue weighted by Crippen LogP contribution is 2.70. The summed E-state index contributed by atoms with van der Waals surface area (Å²) in [6.07, 6.45) is 13.2. The van der Waals surface area contributed by atoms with E-state index in [0.717, 1.165) is 61.8 Å². The van der Waals surface area contributed by atoms with Gasteiger partial charge in [0.25, 0.3) is 0 Å². The van der Waals surface area contributed by atoms with E-state index >= 15 is 0 Å². The maximum atomic E-state index is 11.2. The molecule has 0 aromatic rings. The number of ether oxygens (including phenoxy) is 1. The number of aliphatic hydroxyl groups excluding tert-OH is 1. The van der Waals surface area contributed by atoms with Gasteiger partial charge in [-0.3, -0.25) is 4.79 Å². The van der Waals surface area contributed by atoms with E-state index in [4.69, 9.17) is 4.74 Å². The van der Waals surface area contributed by atoms with Crippen molar-refractivity contribution >= 4 is 5.91 Å². The van der Waals surface area contributed by atoms with Gasteiger partial charge in [0.05, 0.1) is 18.3 Å². The third-order valence-corrected chi connectivity index (χ3v) is 11.9. The highest BCUT2D eigenvalue weighted by atomic mass is 16.5. The number of fused-ring (bicyclic) bond motifs is 7. The van der Waals surface area contributed by atoms with Crippen LogP contribution in [0.15, 0.2) is 0 Å². The fraction of sp³-hybridized carbons (Fsp3) is 0.966. The van der Waals surface area contributed by atoms with E-state index in [1.807, 2.05) is 0 Å². The molecule has 12 atom stereocenters. The van der Waals surface area contributed by atoms with Gasteiger partial charge in [0, 0.05) is 13.5 Å². The highest BCUT2D eigenvalue weighted by molar-refractivity contribution is 5.72. The predicted octanol–water partition coefficient (Wildman–Crippen LogP) is 5.57. The van der Waals surface area contributed by atoms with Crippen LogP contribution in [-0.2, 0) is 9.53 Å². The SMILES string of the molecule is CC(=O)NCC(C)CCC1O[C@H]2C[C@H]3[C@@H]4CC[C@H]5C[C@@H](O)CC[C@]5(C)[C@H]4CC[C@]3(C)[C@H]2[C@@H]1C. The molecule has 4 nitrogen and oxygen atoms in total. The summed E-state index contributed by atoms with van der Waals surface area (Å²) in [5, 5.41) is 13.3. The molecule has 0 radical (unpaired) electrons. The van der Waals surface area contributed by atoms with Gasteiger partial charge in [-0.1, -0.05) is 27.7 Å². The summed E-state index contributed by atoms with van der Waals surface area (Å²) in [6.45, 7) is 12.3. The zero-order valence-electron chi connectivity index (χ0n) is 21.8. The Morgan fingerprint density at radius 1 is 1.09 bits per heavy atom. The average molecular weight is 460 g/mol. The van der Waals surface area contributed by atoms with E-state index in [2.05, 4.69) is 33.0 Å². The van der Waals surface area contributed by atoms with Gasteiger partial charge < -0.3 is 15.2 Å². The molecule has 1 saturated heterocycles. The van der Waals surface area contributed by atoms with Crippen molar-refractivity contribution in [2.24, 2.45) is 52.3 Å². The van der Waals surface area contributed by atoms with E-state index in [-0.39, 0.29) is 12.0 Å². The van der Waals surface area contributed by atoms with Crippen LogP contribution < -0.4 is 5.32 Å². The van der Waals surface area contributed by atoms with Gasteiger partial charge in [0.1, 0.15) is 0 Å². The molecule has 4 aliphatic carbocycles. The van der Waals surface area contributed by atoms with Gasteiger partial charge in [-0.05, 0) is 116 Å². The topological polar surface area (TPSA) is 58.6 Å². The number of carbonyl (C=O) groups excluding carboxylic acids is 1. The minimum absolute atomic E-state index is 0.0496. The summed E-state index contributed by atoms with van der Waals surface area (Å²) in [4.78, 5) is 11.2. The molecule has 1 amide bonds. The Hall–Kier alpha value is -0.610. The standard InChI is InChI=1S/C29H49NO3/c1-17(16-30-19(3)31)6-9-25-18(2)27-26(33-25)15-24-22-8-7-20-14-21(32)10-12-28(20,4)23(22)11-13-29(24,27)5/h17-18,20-27,32H,6-16H2,1-5H3,(H,30,31)/t17?,18-,20+,21+,22-,23+,24+,25?,26+,27+,28+,29+/m1/s1. The molecule has 2 N–H and O–H groups in total. The minimum atomic E-state index is -0.0496. The lowest BCUT2D eigenvalue weighted by Crippen LogP contribution is -2.54. The monoisotopic (exact) mass is 459 g/mol. The van der Waals surface area contributed by atoms with Crippen molar-refractivity contribution in [1.82, 2.24) is 5.32 Å². The van der Waals surface area contributed by atoms with Crippen molar-refractivity contribution < 1.29 is 14.6 Å². The smallest absolute Gasteiger partial charge is 0.216 e. The number of nitrogens with one attached hydrogen (secondary N) is 1.